The van der Waals surface area contributed by atoms with E-state index in [-0.39, 0.29) is 6.54 Å². The highest BCUT2D eigenvalue weighted by atomic mass is 79.9. The average Bonchev–Trinajstić information content (AvgIpc) is 2.78. The van der Waals surface area contributed by atoms with Gasteiger partial charge in [0.2, 0.25) is 5.91 Å². The van der Waals surface area contributed by atoms with Crippen molar-refractivity contribution in [3.8, 4) is 0 Å². The van der Waals surface area contributed by atoms with Crippen LogP contribution in [0.1, 0.15) is 18.4 Å². The standard InChI is InChI=1S/C14H16BrF3N2O3S/c1-7(21)20-13(14(16,17)18)12(24(2,22)23)10-6-19-11-4-3-8(15)5-9(10)11/h3-5,10,12-13,19H,6H2,1-2H3,(H,20,21). The molecule has 0 aromatic heterocycles. The van der Waals surface area contributed by atoms with Crippen LogP contribution in [0.5, 0.6) is 0 Å². The van der Waals surface area contributed by atoms with Crippen molar-refractivity contribution in [2.75, 3.05) is 18.1 Å². The lowest BCUT2D eigenvalue weighted by Crippen LogP contribution is -2.56. The number of carbonyl (C=O) groups excluding carboxylic acids is 1. The number of sulfone groups is 1. The van der Waals surface area contributed by atoms with Gasteiger partial charge >= 0.3 is 6.18 Å². The maximum Gasteiger partial charge on any atom is 0.409 e. The number of carbonyl (C=O) groups is 1. The number of hydrogen-bond acceptors (Lipinski definition) is 4. The van der Waals surface area contributed by atoms with Crippen molar-refractivity contribution in [1.29, 1.82) is 0 Å². The minimum Gasteiger partial charge on any atom is -0.384 e. The monoisotopic (exact) mass is 428 g/mol. The van der Waals surface area contributed by atoms with E-state index in [2.05, 4.69) is 21.2 Å². The topological polar surface area (TPSA) is 75.3 Å². The fraction of sp³-hybridized carbons (Fsp3) is 0.500. The van der Waals surface area contributed by atoms with Crippen LogP contribution in [0.3, 0.4) is 0 Å². The number of amides is 1. The van der Waals surface area contributed by atoms with Gasteiger partial charge in [-0.15, -0.1) is 0 Å². The molecule has 3 unspecified atom stereocenters. The molecule has 24 heavy (non-hydrogen) atoms. The summed E-state index contributed by atoms with van der Waals surface area (Å²) in [5.74, 6) is -1.88. The van der Waals surface area contributed by atoms with Crippen molar-refractivity contribution in [1.82, 2.24) is 5.32 Å². The SMILES string of the molecule is CC(=O)NC(C(C1CNc2ccc(Br)cc21)S(C)(=O)=O)C(F)(F)F. The maximum absolute atomic E-state index is 13.5. The number of fused-ring (bicyclic) bond motifs is 1. The second kappa shape index (κ2) is 6.55. The second-order valence-electron chi connectivity index (χ2n) is 5.73. The lowest BCUT2D eigenvalue weighted by molar-refractivity contribution is -0.162. The molecule has 0 spiro atoms. The minimum atomic E-state index is -4.89. The Morgan fingerprint density at radius 2 is 2.04 bits per heavy atom. The Bertz CT molecular complexity index is 752. The Morgan fingerprint density at radius 3 is 2.54 bits per heavy atom. The molecule has 1 aliphatic rings. The predicted octanol–water partition coefficient (Wildman–Crippen LogP) is 2.44. The molecule has 1 amide bonds. The molecule has 0 radical (unpaired) electrons. The van der Waals surface area contributed by atoms with E-state index < -0.39 is 39.1 Å². The fourth-order valence-corrected chi connectivity index (χ4v) is 4.91. The third-order valence-electron chi connectivity index (χ3n) is 3.86. The number of anilines is 1. The zero-order chi connectivity index (χ0) is 18.3. The van der Waals surface area contributed by atoms with Crippen LogP contribution in [0.4, 0.5) is 18.9 Å². The third kappa shape index (κ3) is 4.02. The van der Waals surface area contributed by atoms with Gasteiger partial charge in [-0.2, -0.15) is 13.2 Å². The zero-order valence-corrected chi connectivity index (χ0v) is 15.2. The molecule has 2 N–H and O–H groups in total. The van der Waals surface area contributed by atoms with E-state index >= 15 is 0 Å². The molecule has 10 heteroatoms. The fourth-order valence-electron chi connectivity index (χ4n) is 2.97. The zero-order valence-electron chi connectivity index (χ0n) is 12.8. The normalized spacial score (nSPS) is 20.0. The number of benzene rings is 1. The molecule has 0 saturated heterocycles. The van der Waals surface area contributed by atoms with Crippen molar-refractivity contribution >= 4 is 37.4 Å². The van der Waals surface area contributed by atoms with E-state index in [0.29, 0.717) is 15.7 Å². The summed E-state index contributed by atoms with van der Waals surface area (Å²) in [6.07, 6.45) is -4.14. The van der Waals surface area contributed by atoms with E-state index in [1.54, 1.807) is 23.5 Å². The van der Waals surface area contributed by atoms with Crippen LogP contribution in [0, 0.1) is 0 Å². The highest BCUT2D eigenvalue weighted by Gasteiger charge is 2.53. The first kappa shape index (κ1) is 19.0. The Morgan fingerprint density at radius 1 is 1.42 bits per heavy atom. The van der Waals surface area contributed by atoms with Crippen molar-refractivity contribution in [2.45, 2.75) is 30.3 Å². The summed E-state index contributed by atoms with van der Waals surface area (Å²) in [5.41, 5.74) is 1.06. The molecule has 1 aromatic carbocycles. The van der Waals surface area contributed by atoms with Gasteiger partial charge in [-0.25, -0.2) is 8.42 Å². The summed E-state index contributed by atoms with van der Waals surface area (Å²) in [4.78, 5) is 11.2. The van der Waals surface area contributed by atoms with Crippen molar-refractivity contribution in [3.63, 3.8) is 0 Å². The average molecular weight is 429 g/mol. The number of halogens is 4. The maximum atomic E-state index is 13.5. The Hall–Kier alpha value is -1.29. The smallest absolute Gasteiger partial charge is 0.384 e. The largest absolute Gasteiger partial charge is 0.409 e. The van der Waals surface area contributed by atoms with Crippen LogP contribution in [-0.4, -0.2) is 44.6 Å². The van der Waals surface area contributed by atoms with Gasteiger partial charge in [-0.05, 0) is 23.8 Å². The summed E-state index contributed by atoms with van der Waals surface area (Å²) < 4.78 is 65.4. The molecule has 0 bridgehead atoms. The van der Waals surface area contributed by atoms with Crippen molar-refractivity contribution in [2.24, 2.45) is 0 Å². The van der Waals surface area contributed by atoms with E-state index in [4.69, 9.17) is 0 Å². The molecule has 0 fully saturated rings. The number of alkyl halides is 3. The van der Waals surface area contributed by atoms with Gasteiger partial charge < -0.3 is 10.6 Å². The number of nitrogens with one attached hydrogen (secondary N) is 2. The Kier molecular flexibility index (Phi) is 5.19. The molecule has 1 heterocycles. The Balaban J connectivity index is 2.55. The van der Waals surface area contributed by atoms with Gasteiger partial charge in [0.25, 0.3) is 0 Å². The summed E-state index contributed by atoms with van der Waals surface area (Å²) in [7, 11) is -4.12. The molecule has 3 atom stereocenters. The summed E-state index contributed by atoms with van der Waals surface area (Å²) in [6.45, 7) is 0.963. The van der Waals surface area contributed by atoms with E-state index in [0.717, 1.165) is 13.2 Å². The van der Waals surface area contributed by atoms with Gasteiger partial charge in [0.1, 0.15) is 6.04 Å². The number of hydrogen-bond donors (Lipinski definition) is 2. The first-order valence-electron chi connectivity index (χ1n) is 6.97. The van der Waals surface area contributed by atoms with Crippen molar-refractivity contribution < 1.29 is 26.4 Å². The molecule has 0 saturated carbocycles. The summed E-state index contributed by atoms with van der Waals surface area (Å²) in [6, 6.07) is 2.49. The molecule has 2 rings (SSSR count). The molecule has 5 nitrogen and oxygen atoms in total. The number of rotatable bonds is 4. The molecule has 1 aliphatic heterocycles. The van der Waals surface area contributed by atoms with Gasteiger partial charge in [0, 0.05) is 35.8 Å². The van der Waals surface area contributed by atoms with E-state index in [1.165, 1.54) is 0 Å². The first-order chi connectivity index (χ1) is 10.9. The van der Waals surface area contributed by atoms with E-state index in [1.807, 2.05) is 0 Å². The predicted molar refractivity (Wildman–Crippen MR) is 87.7 cm³/mol. The molecule has 1 aromatic rings. The molecular formula is C14H16BrF3N2O3S. The lowest BCUT2D eigenvalue weighted by Gasteiger charge is -2.32. The highest BCUT2D eigenvalue weighted by Crippen LogP contribution is 2.41. The van der Waals surface area contributed by atoms with Crippen LogP contribution in [-0.2, 0) is 14.6 Å². The quantitative estimate of drug-likeness (QED) is 0.771. The minimum absolute atomic E-state index is 0.0374. The first-order valence-corrected chi connectivity index (χ1v) is 9.72. The Labute approximate surface area is 146 Å². The summed E-state index contributed by atoms with van der Waals surface area (Å²) >= 11 is 3.24. The van der Waals surface area contributed by atoms with Gasteiger partial charge in [-0.1, -0.05) is 15.9 Å². The van der Waals surface area contributed by atoms with Gasteiger partial charge in [-0.3, -0.25) is 4.79 Å². The van der Waals surface area contributed by atoms with Crippen LogP contribution < -0.4 is 10.6 Å². The van der Waals surface area contributed by atoms with Crippen LogP contribution in [0.15, 0.2) is 22.7 Å². The second-order valence-corrected chi connectivity index (χ2v) is 8.85. The molecule has 0 aliphatic carbocycles. The van der Waals surface area contributed by atoms with Crippen LogP contribution in [0.2, 0.25) is 0 Å². The molecular weight excluding hydrogens is 413 g/mol. The van der Waals surface area contributed by atoms with E-state index in [9.17, 15) is 26.4 Å². The molecule has 134 valence electrons. The lowest BCUT2D eigenvalue weighted by atomic mass is 9.92. The van der Waals surface area contributed by atoms with Crippen LogP contribution >= 0.6 is 15.9 Å². The van der Waals surface area contributed by atoms with Gasteiger partial charge in [0.15, 0.2) is 9.84 Å². The third-order valence-corrected chi connectivity index (χ3v) is 5.94. The van der Waals surface area contributed by atoms with Crippen LogP contribution in [0.25, 0.3) is 0 Å². The highest BCUT2D eigenvalue weighted by molar-refractivity contribution is 9.10. The van der Waals surface area contributed by atoms with Crippen molar-refractivity contribution in [3.05, 3.63) is 28.2 Å². The van der Waals surface area contributed by atoms with Gasteiger partial charge in [0.05, 0.1) is 5.25 Å². The summed E-state index contributed by atoms with van der Waals surface area (Å²) in [5, 5.41) is 2.86.